The standard InChI is InChI=1S/C6H11NS/c1-2-3-6-4-8-5-7-6/h2,6-7H,1,3-5H2. The van der Waals surface area contributed by atoms with E-state index in [0.717, 1.165) is 12.3 Å². The Kier molecular flexibility index (Phi) is 2.43. The molecule has 1 aliphatic rings. The maximum atomic E-state index is 3.67. The number of thioether (sulfide) groups is 1. The zero-order valence-electron chi connectivity index (χ0n) is 4.89. The molecule has 0 aromatic carbocycles. The lowest BCUT2D eigenvalue weighted by atomic mass is 10.2. The summed E-state index contributed by atoms with van der Waals surface area (Å²) in [5.74, 6) is 2.38. The smallest absolute Gasteiger partial charge is 0.0420 e. The fraction of sp³-hybridized carbons (Fsp3) is 0.667. The Morgan fingerprint density at radius 1 is 1.88 bits per heavy atom. The van der Waals surface area contributed by atoms with Gasteiger partial charge in [0.2, 0.25) is 0 Å². The van der Waals surface area contributed by atoms with E-state index in [1.807, 2.05) is 17.8 Å². The zero-order chi connectivity index (χ0) is 5.82. The summed E-state index contributed by atoms with van der Waals surface area (Å²) in [5.41, 5.74) is 0. The molecule has 1 N–H and O–H groups in total. The number of nitrogens with one attached hydrogen (secondary N) is 1. The highest BCUT2D eigenvalue weighted by molar-refractivity contribution is 7.99. The first-order valence-electron chi connectivity index (χ1n) is 2.85. The van der Waals surface area contributed by atoms with E-state index in [1.165, 1.54) is 5.75 Å². The molecule has 0 radical (unpaired) electrons. The summed E-state index contributed by atoms with van der Waals surface area (Å²) in [6, 6.07) is 0.706. The van der Waals surface area contributed by atoms with E-state index in [2.05, 4.69) is 11.9 Å². The molecule has 0 aromatic heterocycles. The first-order valence-corrected chi connectivity index (χ1v) is 4.01. The van der Waals surface area contributed by atoms with Gasteiger partial charge in [0, 0.05) is 17.7 Å². The molecule has 46 valence electrons. The first kappa shape index (κ1) is 6.17. The van der Waals surface area contributed by atoms with Crippen LogP contribution in [-0.2, 0) is 0 Å². The lowest BCUT2D eigenvalue weighted by Gasteiger charge is -2.02. The quantitative estimate of drug-likeness (QED) is 0.563. The largest absolute Gasteiger partial charge is 0.304 e. The fourth-order valence-corrected chi connectivity index (χ4v) is 1.80. The second kappa shape index (κ2) is 3.15. The van der Waals surface area contributed by atoms with Gasteiger partial charge in [0.05, 0.1) is 0 Å². The maximum Gasteiger partial charge on any atom is 0.0420 e. The number of rotatable bonds is 2. The molecule has 1 fully saturated rings. The molecule has 8 heavy (non-hydrogen) atoms. The highest BCUT2D eigenvalue weighted by Gasteiger charge is 2.10. The van der Waals surface area contributed by atoms with Crippen LogP contribution in [0.3, 0.4) is 0 Å². The van der Waals surface area contributed by atoms with Gasteiger partial charge in [0.25, 0.3) is 0 Å². The highest BCUT2D eigenvalue weighted by atomic mass is 32.2. The molecule has 1 nitrogen and oxygen atoms in total. The van der Waals surface area contributed by atoms with E-state index in [4.69, 9.17) is 0 Å². The molecule has 0 amide bonds. The van der Waals surface area contributed by atoms with E-state index >= 15 is 0 Å². The second-order valence-corrected chi connectivity index (χ2v) is 2.97. The van der Waals surface area contributed by atoms with Crippen LogP contribution in [0, 0.1) is 0 Å². The van der Waals surface area contributed by atoms with Crippen LogP contribution in [-0.4, -0.2) is 17.7 Å². The van der Waals surface area contributed by atoms with Gasteiger partial charge in [-0.1, -0.05) is 6.08 Å². The second-order valence-electron chi connectivity index (χ2n) is 1.94. The summed E-state index contributed by atoms with van der Waals surface area (Å²) < 4.78 is 0. The number of hydrogen-bond acceptors (Lipinski definition) is 2. The third-order valence-corrected chi connectivity index (χ3v) is 2.25. The first-order chi connectivity index (χ1) is 3.93. The Hall–Kier alpha value is 0.0500. The molecule has 1 heterocycles. The van der Waals surface area contributed by atoms with Crippen LogP contribution in [0.2, 0.25) is 0 Å². The average molecular weight is 129 g/mol. The fourth-order valence-electron chi connectivity index (χ4n) is 0.789. The van der Waals surface area contributed by atoms with Crippen LogP contribution in [0.4, 0.5) is 0 Å². The Labute approximate surface area is 54.5 Å². The molecule has 1 saturated heterocycles. The molecule has 1 aliphatic heterocycles. The lowest BCUT2D eigenvalue weighted by molar-refractivity contribution is 0.642. The van der Waals surface area contributed by atoms with Crippen molar-refractivity contribution in [1.29, 1.82) is 0 Å². The van der Waals surface area contributed by atoms with Crippen LogP contribution >= 0.6 is 11.8 Å². The van der Waals surface area contributed by atoms with Crippen molar-refractivity contribution in [3.63, 3.8) is 0 Å². The van der Waals surface area contributed by atoms with Crippen molar-refractivity contribution < 1.29 is 0 Å². The van der Waals surface area contributed by atoms with Crippen LogP contribution in [0.15, 0.2) is 12.7 Å². The van der Waals surface area contributed by atoms with Gasteiger partial charge in [0.1, 0.15) is 0 Å². The average Bonchev–Trinajstić information content (AvgIpc) is 2.19. The summed E-state index contributed by atoms with van der Waals surface area (Å²) in [5, 5.41) is 3.35. The summed E-state index contributed by atoms with van der Waals surface area (Å²) in [4.78, 5) is 0. The van der Waals surface area contributed by atoms with Crippen LogP contribution in [0.25, 0.3) is 0 Å². The van der Waals surface area contributed by atoms with Gasteiger partial charge in [-0.3, -0.25) is 0 Å². The van der Waals surface area contributed by atoms with Gasteiger partial charge in [-0.2, -0.15) is 0 Å². The van der Waals surface area contributed by atoms with Gasteiger partial charge in [-0.15, -0.1) is 18.3 Å². The minimum Gasteiger partial charge on any atom is -0.304 e. The van der Waals surface area contributed by atoms with E-state index in [1.54, 1.807) is 0 Å². The Morgan fingerprint density at radius 3 is 3.25 bits per heavy atom. The molecule has 0 spiro atoms. The van der Waals surface area contributed by atoms with Crippen molar-refractivity contribution in [2.45, 2.75) is 12.5 Å². The Balaban J connectivity index is 2.14. The van der Waals surface area contributed by atoms with Gasteiger partial charge in [-0.05, 0) is 6.42 Å². The van der Waals surface area contributed by atoms with E-state index < -0.39 is 0 Å². The zero-order valence-corrected chi connectivity index (χ0v) is 5.71. The summed E-state index contributed by atoms with van der Waals surface area (Å²) in [6.07, 6.45) is 3.09. The minimum absolute atomic E-state index is 0.706. The summed E-state index contributed by atoms with van der Waals surface area (Å²) in [7, 11) is 0. The molecule has 1 rings (SSSR count). The molecular weight excluding hydrogens is 118 g/mol. The van der Waals surface area contributed by atoms with E-state index in [0.29, 0.717) is 6.04 Å². The predicted molar refractivity (Wildman–Crippen MR) is 39.1 cm³/mol. The maximum absolute atomic E-state index is 3.67. The van der Waals surface area contributed by atoms with Crippen molar-refractivity contribution in [3.8, 4) is 0 Å². The molecule has 0 aliphatic carbocycles. The lowest BCUT2D eigenvalue weighted by Crippen LogP contribution is -2.22. The highest BCUT2D eigenvalue weighted by Crippen LogP contribution is 2.11. The monoisotopic (exact) mass is 129 g/mol. The summed E-state index contributed by atoms with van der Waals surface area (Å²) >= 11 is 1.96. The third kappa shape index (κ3) is 1.53. The van der Waals surface area contributed by atoms with E-state index in [9.17, 15) is 0 Å². The molecular formula is C6H11NS. The third-order valence-electron chi connectivity index (χ3n) is 1.24. The molecule has 0 saturated carbocycles. The minimum atomic E-state index is 0.706. The molecule has 1 unspecified atom stereocenters. The van der Waals surface area contributed by atoms with Gasteiger partial charge in [0.15, 0.2) is 0 Å². The van der Waals surface area contributed by atoms with Crippen molar-refractivity contribution in [1.82, 2.24) is 5.32 Å². The van der Waals surface area contributed by atoms with Gasteiger partial charge in [-0.25, -0.2) is 0 Å². The van der Waals surface area contributed by atoms with Crippen molar-refractivity contribution in [2.24, 2.45) is 0 Å². The van der Waals surface area contributed by atoms with Crippen LogP contribution in [0.1, 0.15) is 6.42 Å². The Morgan fingerprint density at radius 2 is 2.75 bits per heavy atom. The van der Waals surface area contributed by atoms with Crippen molar-refractivity contribution in [3.05, 3.63) is 12.7 Å². The summed E-state index contributed by atoms with van der Waals surface area (Å²) in [6.45, 7) is 3.67. The predicted octanol–water partition coefficient (Wildman–Crippen LogP) is 1.22. The molecule has 0 aromatic rings. The van der Waals surface area contributed by atoms with Crippen molar-refractivity contribution in [2.75, 3.05) is 11.6 Å². The molecule has 2 heteroatoms. The number of hydrogen-bond donors (Lipinski definition) is 1. The van der Waals surface area contributed by atoms with Crippen LogP contribution in [0.5, 0.6) is 0 Å². The molecule has 0 bridgehead atoms. The molecule has 1 atom stereocenters. The topological polar surface area (TPSA) is 12.0 Å². The van der Waals surface area contributed by atoms with Gasteiger partial charge >= 0.3 is 0 Å². The van der Waals surface area contributed by atoms with Gasteiger partial charge < -0.3 is 5.32 Å². The Bertz CT molecular complexity index is 76.6. The normalized spacial score (nSPS) is 28.2. The van der Waals surface area contributed by atoms with Crippen LogP contribution < -0.4 is 5.32 Å². The van der Waals surface area contributed by atoms with E-state index in [-0.39, 0.29) is 0 Å². The SMILES string of the molecule is C=CCC1CSCN1. The van der Waals surface area contributed by atoms with Crippen molar-refractivity contribution >= 4 is 11.8 Å².